The largest absolute Gasteiger partial charge is 0.367 e. The van der Waals surface area contributed by atoms with E-state index in [2.05, 4.69) is 33.8 Å². The van der Waals surface area contributed by atoms with Crippen molar-refractivity contribution in [1.29, 1.82) is 0 Å². The maximum absolute atomic E-state index is 4.73. The van der Waals surface area contributed by atoms with Gasteiger partial charge in [-0.05, 0) is 24.5 Å². The quantitative estimate of drug-likeness (QED) is 0.656. The van der Waals surface area contributed by atoms with E-state index in [9.17, 15) is 0 Å². The van der Waals surface area contributed by atoms with Crippen molar-refractivity contribution in [1.82, 2.24) is 15.0 Å². The van der Waals surface area contributed by atoms with Gasteiger partial charge in [-0.1, -0.05) is 55.7 Å². The van der Waals surface area contributed by atoms with Crippen LogP contribution in [0.3, 0.4) is 0 Å². The molecule has 5 nitrogen and oxygen atoms in total. The third-order valence-electron chi connectivity index (χ3n) is 4.93. The van der Waals surface area contributed by atoms with Gasteiger partial charge < -0.3 is 10.6 Å². The van der Waals surface area contributed by atoms with Crippen molar-refractivity contribution in [2.45, 2.75) is 44.7 Å². The fraction of sp³-hybridized carbons (Fsp3) is 0.318. The topological polar surface area (TPSA) is 62.7 Å². The van der Waals surface area contributed by atoms with Crippen LogP contribution >= 0.6 is 0 Å². The Morgan fingerprint density at radius 1 is 0.926 bits per heavy atom. The summed E-state index contributed by atoms with van der Waals surface area (Å²) < 4.78 is 0. The molecule has 0 atom stereocenters. The van der Waals surface area contributed by atoms with Crippen LogP contribution in [-0.4, -0.2) is 21.0 Å². The Kier molecular flexibility index (Phi) is 5.58. The Bertz CT molecular complexity index is 845. The summed E-state index contributed by atoms with van der Waals surface area (Å²) in [7, 11) is 0. The molecule has 2 aromatic heterocycles. The SMILES string of the molecule is c1ccc(-c2cc(NC3CCCCC3)nc(NCc3cccnc3)n2)cc1. The molecular weight excluding hydrogens is 334 g/mol. The van der Waals surface area contributed by atoms with Gasteiger partial charge in [-0.2, -0.15) is 4.98 Å². The van der Waals surface area contributed by atoms with Gasteiger partial charge in [-0.25, -0.2) is 4.98 Å². The van der Waals surface area contributed by atoms with Crippen LogP contribution in [0.2, 0.25) is 0 Å². The first-order valence-electron chi connectivity index (χ1n) is 9.71. The minimum absolute atomic E-state index is 0.503. The van der Waals surface area contributed by atoms with Gasteiger partial charge >= 0.3 is 0 Å². The zero-order valence-electron chi connectivity index (χ0n) is 15.4. The van der Waals surface area contributed by atoms with Crippen LogP contribution in [0.15, 0.2) is 60.9 Å². The number of nitrogens with zero attached hydrogens (tertiary/aromatic N) is 3. The van der Waals surface area contributed by atoms with E-state index < -0.39 is 0 Å². The summed E-state index contributed by atoms with van der Waals surface area (Å²) in [5.41, 5.74) is 3.13. The molecule has 1 saturated carbocycles. The molecule has 1 aliphatic carbocycles. The van der Waals surface area contributed by atoms with Crippen LogP contribution < -0.4 is 10.6 Å². The van der Waals surface area contributed by atoms with Crippen molar-refractivity contribution in [2.75, 3.05) is 10.6 Å². The lowest BCUT2D eigenvalue weighted by molar-refractivity contribution is 0.462. The molecule has 138 valence electrons. The molecule has 0 radical (unpaired) electrons. The molecule has 2 N–H and O–H groups in total. The molecule has 27 heavy (non-hydrogen) atoms. The number of hydrogen-bond donors (Lipinski definition) is 2. The average Bonchev–Trinajstić information content (AvgIpc) is 2.74. The van der Waals surface area contributed by atoms with Gasteiger partial charge in [-0.3, -0.25) is 4.98 Å². The number of aromatic nitrogens is 3. The molecule has 0 aliphatic heterocycles. The fourth-order valence-electron chi connectivity index (χ4n) is 3.50. The monoisotopic (exact) mass is 359 g/mol. The predicted octanol–water partition coefficient (Wildman–Crippen LogP) is 4.90. The second kappa shape index (κ2) is 8.62. The van der Waals surface area contributed by atoms with Crippen molar-refractivity contribution in [2.24, 2.45) is 0 Å². The van der Waals surface area contributed by atoms with Crippen LogP contribution in [0.5, 0.6) is 0 Å². The fourth-order valence-corrected chi connectivity index (χ4v) is 3.50. The lowest BCUT2D eigenvalue weighted by Crippen LogP contribution is -2.23. The maximum atomic E-state index is 4.73. The second-order valence-electron chi connectivity index (χ2n) is 7.02. The Labute approximate surface area is 160 Å². The van der Waals surface area contributed by atoms with E-state index >= 15 is 0 Å². The first kappa shape index (κ1) is 17.5. The minimum atomic E-state index is 0.503. The van der Waals surface area contributed by atoms with Crippen molar-refractivity contribution in [3.8, 4) is 11.3 Å². The minimum Gasteiger partial charge on any atom is -0.367 e. The number of rotatable bonds is 6. The van der Waals surface area contributed by atoms with E-state index in [4.69, 9.17) is 9.97 Å². The number of hydrogen-bond acceptors (Lipinski definition) is 5. The van der Waals surface area contributed by atoms with E-state index in [1.807, 2.05) is 36.5 Å². The zero-order chi connectivity index (χ0) is 18.3. The number of nitrogens with one attached hydrogen (secondary N) is 2. The Hall–Kier alpha value is -2.95. The van der Waals surface area contributed by atoms with Gasteiger partial charge in [0.25, 0.3) is 0 Å². The van der Waals surface area contributed by atoms with Gasteiger partial charge in [0.2, 0.25) is 5.95 Å². The van der Waals surface area contributed by atoms with Gasteiger partial charge in [0, 0.05) is 36.6 Å². The molecule has 1 aliphatic rings. The van der Waals surface area contributed by atoms with Crippen LogP contribution in [0.25, 0.3) is 11.3 Å². The number of benzene rings is 1. The van der Waals surface area contributed by atoms with E-state index in [0.717, 1.165) is 22.6 Å². The molecule has 5 heteroatoms. The summed E-state index contributed by atoms with van der Waals surface area (Å²) in [4.78, 5) is 13.6. The maximum Gasteiger partial charge on any atom is 0.225 e. The first-order chi connectivity index (χ1) is 13.4. The van der Waals surface area contributed by atoms with Gasteiger partial charge in [0.05, 0.1) is 5.69 Å². The van der Waals surface area contributed by atoms with Gasteiger partial charge in [0.1, 0.15) is 5.82 Å². The van der Waals surface area contributed by atoms with Gasteiger partial charge in [-0.15, -0.1) is 0 Å². The highest BCUT2D eigenvalue weighted by atomic mass is 15.1. The van der Waals surface area contributed by atoms with Crippen LogP contribution in [0.4, 0.5) is 11.8 Å². The summed E-state index contributed by atoms with van der Waals surface area (Å²) in [5.74, 6) is 1.53. The Morgan fingerprint density at radius 3 is 2.56 bits per heavy atom. The summed E-state index contributed by atoms with van der Waals surface area (Å²) in [5, 5.41) is 6.97. The molecule has 3 aromatic rings. The number of anilines is 2. The Morgan fingerprint density at radius 2 is 1.78 bits per heavy atom. The van der Waals surface area contributed by atoms with Crippen LogP contribution in [-0.2, 0) is 6.54 Å². The summed E-state index contributed by atoms with van der Waals surface area (Å²) in [6.45, 7) is 0.648. The van der Waals surface area contributed by atoms with Crippen LogP contribution in [0, 0.1) is 0 Å². The standard InChI is InChI=1S/C22H25N5/c1-3-9-18(10-4-1)20-14-21(25-19-11-5-2-6-12-19)27-22(26-20)24-16-17-8-7-13-23-15-17/h1,3-4,7-10,13-15,19H,2,5-6,11-12,16H2,(H2,24,25,26,27). The molecule has 0 unspecified atom stereocenters. The molecule has 0 bridgehead atoms. The molecule has 1 aromatic carbocycles. The molecule has 1 fully saturated rings. The number of pyridine rings is 1. The molecule has 0 spiro atoms. The van der Waals surface area contributed by atoms with E-state index in [1.54, 1.807) is 6.20 Å². The third-order valence-corrected chi connectivity index (χ3v) is 4.93. The predicted molar refractivity (Wildman–Crippen MR) is 110 cm³/mol. The lowest BCUT2D eigenvalue weighted by Gasteiger charge is -2.23. The van der Waals surface area contributed by atoms with E-state index in [0.29, 0.717) is 18.5 Å². The van der Waals surface area contributed by atoms with Crippen molar-refractivity contribution in [3.63, 3.8) is 0 Å². The van der Waals surface area contributed by atoms with E-state index in [-0.39, 0.29) is 0 Å². The second-order valence-corrected chi connectivity index (χ2v) is 7.02. The van der Waals surface area contributed by atoms with Crippen molar-refractivity contribution >= 4 is 11.8 Å². The van der Waals surface area contributed by atoms with Crippen molar-refractivity contribution < 1.29 is 0 Å². The lowest BCUT2D eigenvalue weighted by atomic mass is 9.95. The Balaban J connectivity index is 1.57. The smallest absolute Gasteiger partial charge is 0.225 e. The summed E-state index contributed by atoms with van der Waals surface area (Å²) in [6.07, 6.45) is 9.99. The van der Waals surface area contributed by atoms with E-state index in [1.165, 1.54) is 32.1 Å². The molecule has 0 saturated heterocycles. The van der Waals surface area contributed by atoms with Crippen LogP contribution in [0.1, 0.15) is 37.7 Å². The van der Waals surface area contributed by atoms with Crippen molar-refractivity contribution in [3.05, 3.63) is 66.5 Å². The highest BCUT2D eigenvalue weighted by Gasteiger charge is 2.15. The van der Waals surface area contributed by atoms with Gasteiger partial charge in [0.15, 0.2) is 0 Å². The molecule has 0 amide bonds. The third kappa shape index (κ3) is 4.82. The summed E-state index contributed by atoms with van der Waals surface area (Å²) in [6, 6.07) is 16.8. The highest BCUT2D eigenvalue weighted by Crippen LogP contribution is 2.25. The first-order valence-corrected chi connectivity index (χ1v) is 9.71. The zero-order valence-corrected chi connectivity index (χ0v) is 15.4. The molecule has 4 rings (SSSR count). The molecule has 2 heterocycles. The highest BCUT2D eigenvalue weighted by molar-refractivity contribution is 5.64. The normalized spacial score (nSPS) is 14.7. The average molecular weight is 359 g/mol. The molecular formula is C22H25N5. The summed E-state index contributed by atoms with van der Waals surface area (Å²) >= 11 is 0.